The Kier molecular flexibility index (Phi) is 7.82. The monoisotopic (exact) mass is 467 g/mol. The highest BCUT2D eigenvalue weighted by molar-refractivity contribution is 7.21. The summed E-state index contributed by atoms with van der Waals surface area (Å²) in [6.07, 6.45) is 2.54. The van der Waals surface area contributed by atoms with Gasteiger partial charge in [0.25, 0.3) is 0 Å². The smallest absolute Gasteiger partial charge is 0.165 e. The van der Waals surface area contributed by atoms with E-state index in [9.17, 15) is 5.11 Å². The van der Waals surface area contributed by atoms with Crippen molar-refractivity contribution in [2.75, 3.05) is 32.8 Å². The number of phenolic OH excluding ortho intramolecular Hbond substituents is 1. The molecule has 2 aliphatic heterocycles. The van der Waals surface area contributed by atoms with E-state index in [1.807, 2.05) is 18.2 Å². The van der Waals surface area contributed by atoms with E-state index in [-0.39, 0.29) is 30.6 Å². The summed E-state index contributed by atoms with van der Waals surface area (Å²) < 4.78 is 7.09. The van der Waals surface area contributed by atoms with E-state index in [0.29, 0.717) is 18.3 Å². The number of aromatic hydroxyl groups is 1. The molecule has 5 nitrogen and oxygen atoms in total. The van der Waals surface area contributed by atoms with Crippen molar-refractivity contribution in [2.45, 2.75) is 19.4 Å². The highest BCUT2D eigenvalue weighted by atomic mass is 35.5. The van der Waals surface area contributed by atoms with Gasteiger partial charge >= 0.3 is 0 Å². The van der Waals surface area contributed by atoms with E-state index >= 15 is 0 Å². The van der Waals surface area contributed by atoms with Crippen LogP contribution in [0.15, 0.2) is 36.4 Å². The van der Waals surface area contributed by atoms with Crippen LogP contribution in [0.3, 0.4) is 0 Å². The van der Waals surface area contributed by atoms with Gasteiger partial charge in [-0.15, -0.1) is 36.2 Å². The van der Waals surface area contributed by atoms with Gasteiger partial charge in [-0.1, -0.05) is 12.1 Å². The standard InChI is InChI=1S/C22H25N3O2S.2ClH/c26-19-11-16(22-24-18-5-1-2-6-20(18)28-22)10-17-14-25(8-9-27-21(17)19)13-15-4-3-7-23-12-15;;/h1-2,5-6,10-11,15,23,26H,3-4,7-9,12-14H2;2*1H. The second-order valence-corrected chi connectivity index (χ2v) is 8.80. The molecule has 0 bridgehead atoms. The molecule has 5 rings (SSSR count). The Morgan fingerprint density at radius 2 is 2.10 bits per heavy atom. The number of thiazole rings is 1. The number of phenols is 1. The van der Waals surface area contributed by atoms with Crippen LogP contribution in [0.4, 0.5) is 0 Å². The average Bonchev–Trinajstić information content (AvgIpc) is 3.04. The van der Waals surface area contributed by atoms with Gasteiger partial charge in [0, 0.05) is 30.8 Å². The molecule has 0 saturated carbocycles. The lowest BCUT2D eigenvalue weighted by Gasteiger charge is -2.29. The molecule has 0 radical (unpaired) electrons. The maximum absolute atomic E-state index is 10.6. The van der Waals surface area contributed by atoms with Crippen LogP contribution in [0.5, 0.6) is 11.5 Å². The summed E-state index contributed by atoms with van der Waals surface area (Å²) in [6, 6.07) is 12.1. The Labute approximate surface area is 193 Å². The number of rotatable bonds is 3. The van der Waals surface area contributed by atoms with Crippen molar-refractivity contribution < 1.29 is 9.84 Å². The third-order valence-corrected chi connectivity index (χ3v) is 6.74. The van der Waals surface area contributed by atoms with Crippen molar-refractivity contribution in [1.29, 1.82) is 0 Å². The number of piperidine rings is 1. The second kappa shape index (κ2) is 10.2. The third kappa shape index (κ3) is 4.84. The molecule has 8 heteroatoms. The van der Waals surface area contributed by atoms with E-state index in [1.165, 1.54) is 12.8 Å². The molecular weight excluding hydrogens is 441 g/mol. The minimum atomic E-state index is 0. The van der Waals surface area contributed by atoms with E-state index in [1.54, 1.807) is 17.4 Å². The van der Waals surface area contributed by atoms with Crippen molar-refractivity contribution in [1.82, 2.24) is 15.2 Å². The molecule has 3 aromatic rings. The van der Waals surface area contributed by atoms with Gasteiger partial charge in [-0.25, -0.2) is 4.98 Å². The van der Waals surface area contributed by atoms with Gasteiger partial charge in [0.15, 0.2) is 11.5 Å². The first-order chi connectivity index (χ1) is 13.8. The zero-order valence-electron chi connectivity index (χ0n) is 16.7. The van der Waals surface area contributed by atoms with E-state index in [4.69, 9.17) is 9.72 Å². The summed E-state index contributed by atoms with van der Waals surface area (Å²) in [5.74, 6) is 1.54. The fourth-order valence-electron chi connectivity index (χ4n) is 4.27. The number of aromatic nitrogens is 1. The molecule has 30 heavy (non-hydrogen) atoms. The average molecular weight is 468 g/mol. The lowest BCUT2D eigenvalue weighted by Crippen LogP contribution is -2.38. The maximum atomic E-state index is 10.6. The quantitative estimate of drug-likeness (QED) is 0.584. The summed E-state index contributed by atoms with van der Waals surface area (Å²) in [5, 5.41) is 15.1. The number of fused-ring (bicyclic) bond motifs is 2. The lowest BCUT2D eigenvalue weighted by molar-refractivity contribution is 0.182. The Morgan fingerprint density at radius 3 is 2.90 bits per heavy atom. The lowest BCUT2D eigenvalue weighted by atomic mass is 9.98. The molecule has 2 aliphatic rings. The molecule has 2 aromatic carbocycles. The summed E-state index contributed by atoms with van der Waals surface area (Å²) in [7, 11) is 0. The number of hydrogen-bond donors (Lipinski definition) is 2. The van der Waals surface area contributed by atoms with Crippen LogP contribution in [-0.2, 0) is 6.54 Å². The van der Waals surface area contributed by atoms with Crippen molar-refractivity contribution in [3.8, 4) is 22.1 Å². The van der Waals surface area contributed by atoms with E-state index < -0.39 is 0 Å². The molecule has 162 valence electrons. The molecule has 1 unspecified atom stereocenters. The first-order valence-electron chi connectivity index (χ1n) is 10.0. The van der Waals surface area contributed by atoms with Gasteiger partial charge in [-0.2, -0.15) is 0 Å². The number of benzene rings is 2. The normalized spacial score (nSPS) is 19.1. The predicted molar refractivity (Wildman–Crippen MR) is 128 cm³/mol. The van der Waals surface area contributed by atoms with Crippen LogP contribution in [0.25, 0.3) is 20.8 Å². The molecule has 0 aliphatic carbocycles. The molecule has 1 fully saturated rings. The van der Waals surface area contributed by atoms with Crippen LogP contribution in [0.1, 0.15) is 18.4 Å². The molecule has 2 N–H and O–H groups in total. The van der Waals surface area contributed by atoms with Crippen LogP contribution in [0.2, 0.25) is 0 Å². The topological polar surface area (TPSA) is 57.6 Å². The zero-order chi connectivity index (χ0) is 18.9. The Bertz CT molecular complexity index is 959. The number of halogens is 2. The van der Waals surface area contributed by atoms with Crippen LogP contribution in [0, 0.1) is 5.92 Å². The molecular formula is C22H27Cl2N3O2S. The van der Waals surface area contributed by atoms with Crippen LogP contribution >= 0.6 is 36.2 Å². The number of nitrogens with zero attached hydrogens (tertiary/aromatic N) is 2. The fourth-order valence-corrected chi connectivity index (χ4v) is 5.23. The summed E-state index contributed by atoms with van der Waals surface area (Å²) in [5.41, 5.74) is 3.01. The van der Waals surface area contributed by atoms with Gasteiger partial charge in [0.05, 0.1) is 10.2 Å². The largest absolute Gasteiger partial charge is 0.504 e. The Morgan fingerprint density at radius 1 is 1.23 bits per heavy atom. The minimum Gasteiger partial charge on any atom is -0.504 e. The summed E-state index contributed by atoms with van der Waals surface area (Å²) in [6.45, 7) is 5.62. The highest BCUT2D eigenvalue weighted by Crippen LogP contribution is 2.39. The number of hydrogen-bond acceptors (Lipinski definition) is 6. The van der Waals surface area contributed by atoms with Crippen molar-refractivity contribution in [3.63, 3.8) is 0 Å². The highest BCUT2D eigenvalue weighted by Gasteiger charge is 2.23. The van der Waals surface area contributed by atoms with Gasteiger partial charge in [-0.3, -0.25) is 4.90 Å². The molecule has 3 heterocycles. The molecule has 0 amide bonds. The van der Waals surface area contributed by atoms with Crippen molar-refractivity contribution >= 4 is 46.4 Å². The van der Waals surface area contributed by atoms with Gasteiger partial charge in [-0.05, 0) is 56.1 Å². The zero-order valence-corrected chi connectivity index (χ0v) is 19.1. The maximum Gasteiger partial charge on any atom is 0.165 e. The number of nitrogens with one attached hydrogen (secondary N) is 1. The number of ether oxygens (including phenoxy) is 1. The number of para-hydroxylation sites is 1. The Balaban J connectivity index is 0.00000128. The van der Waals surface area contributed by atoms with Gasteiger partial charge < -0.3 is 15.2 Å². The van der Waals surface area contributed by atoms with E-state index in [2.05, 4.69) is 22.3 Å². The molecule has 1 atom stereocenters. The van der Waals surface area contributed by atoms with Crippen molar-refractivity contribution in [3.05, 3.63) is 42.0 Å². The predicted octanol–water partition coefficient (Wildman–Crippen LogP) is 4.71. The van der Waals surface area contributed by atoms with Crippen LogP contribution in [-0.4, -0.2) is 47.8 Å². The SMILES string of the molecule is Cl.Cl.Oc1cc(-c2nc3ccccc3s2)cc2c1OCCN(CC1CCCNC1)C2. The first-order valence-corrected chi connectivity index (χ1v) is 10.9. The third-order valence-electron chi connectivity index (χ3n) is 5.65. The molecule has 0 spiro atoms. The Hall–Kier alpha value is -1.57. The summed E-state index contributed by atoms with van der Waals surface area (Å²) in [4.78, 5) is 7.22. The molecule has 1 saturated heterocycles. The molecule has 1 aromatic heterocycles. The second-order valence-electron chi connectivity index (χ2n) is 7.77. The van der Waals surface area contributed by atoms with E-state index in [0.717, 1.165) is 59.1 Å². The first kappa shape index (κ1) is 23.1. The fraction of sp³-hybridized carbons (Fsp3) is 0.409. The van der Waals surface area contributed by atoms with Gasteiger partial charge in [0.2, 0.25) is 0 Å². The van der Waals surface area contributed by atoms with Crippen LogP contribution < -0.4 is 10.1 Å². The summed E-state index contributed by atoms with van der Waals surface area (Å²) >= 11 is 1.66. The van der Waals surface area contributed by atoms with Crippen molar-refractivity contribution in [2.24, 2.45) is 5.92 Å². The minimum absolute atomic E-state index is 0. The van der Waals surface area contributed by atoms with Gasteiger partial charge in [0.1, 0.15) is 11.6 Å².